The number of nitrogens with one attached hydrogen (secondary N) is 2. The van der Waals surface area contributed by atoms with Crippen molar-refractivity contribution in [2.45, 2.75) is 24.8 Å². The number of carbonyl (C=O) groups is 3. The van der Waals surface area contributed by atoms with E-state index in [0.29, 0.717) is 12.2 Å². The van der Waals surface area contributed by atoms with Crippen LogP contribution in [-0.4, -0.2) is 49.4 Å². The number of hydrogen-bond acceptors (Lipinski definition) is 5. The summed E-state index contributed by atoms with van der Waals surface area (Å²) in [7, 11) is 1.58. The summed E-state index contributed by atoms with van der Waals surface area (Å²) >= 11 is 0. The average Bonchev–Trinajstić information content (AvgIpc) is 3.20. The molecule has 0 aromatic heterocycles. The van der Waals surface area contributed by atoms with Crippen LogP contribution in [0.1, 0.15) is 29.0 Å². The van der Waals surface area contributed by atoms with Crippen molar-refractivity contribution >= 4 is 18.0 Å². The van der Waals surface area contributed by atoms with Gasteiger partial charge in [-0.2, -0.15) is 0 Å². The summed E-state index contributed by atoms with van der Waals surface area (Å²) in [6.07, 6.45) is -0.880. The summed E-state index contributed by atoms with van der Waals surface area (Å²) in [6.45, 7) is 0.339. The van der Waals surface area contributed by atoms with Gasteiger partial charge >= 0.3 is 12.1 Å². The fraction of sp³-hybridized carbons (Fsp3) is 0.250. The zero-order valence-electron chi connectivity index (χ0n) is 19.9. The topological polar surface area (TPSA) is 114 Å². The van der Waals surface area contributed by atoms with Crippen molar-refractivity contribution in [1.82, 2.24) is 10.6 Å². The Morgan fingerprint density at radius 1 is 0.944 bits per heavy atom. The van der Waals surface area contributed by atoms with Gasteiger partial charge in [0, 0.05) is 12.5 Å². The maximum atomic E-state index is 12.6. The maximum absolute atomic E-state index is 12.6. The van der Waals surface area contributed by atoms with Crippen LogP contribution >= 0.6 is 0 Å². The highest BCUT2D eigenvalue weighted by molar-refractivity contribution is 5.89. The van der Waals surface area contributed by atoms with Gasteiger partial charge in [0.05, 0.1) is 13.5 Å². The highest BCUT2D eigenvalue weighted by Gasteiger charge is 2.30. The lowest BCUT2D eigenvalue weighted by molar-refractivity contribution is -0.139. The van der Waals surface area contributed by atoms with Gasteiger partial charge in [0.15, 0.2) is 0 Å². The molecule has 8 heteroatoms. The monoisotopic (exact) mass is 488 g/mol. The second-order valence-corrected chi connectivity index (χ2v) is 8.51. The molecule has 4 rings (SSSR count). The number of carboxylic acids is 1. The summed E-state index contributed by atoms with van der Waals surface area (Å²) in [6, 6.07) is 22.1. The number of amides is 2. The number of carbonyl (C=O) groups excluding carboxylic acids is 2. The zero-order chi connectivity index (χ0) is 25.5. The molecule has 0 heterocycles. The molecule has 0 aliphatic heterocycles. The molecule has 0 bridgehead atoms. The van der Waals surface area contributed by atoms with E-state index >= 15 is 0 Å². The molecule has 36 heavy (non-hydrogen) atoms. The van der Waals surface area contributed by atoms with Crippen LogP contribution in [0.2, 0.25) is 0 Å². The molecule has 0 fully saturated rings. The lowest BCUT2D eigenvalue weighted by atomic mass is 9.98. The fourth-order valence-electron chi connectivity index (χ4n) is 4.45. The van der Waals surface area contributed by atoms with E-state index in [2.05, 4.69) is 10.6 Å². The smallest absolute Gasteiger partial charge is 0.407 e. The first-order chi connectivity index (χ1) is 17.5. The van der Waals surface area contributed by atoms with Gasteiger partial charge in [-0.1, -0.05) is 60.7 Å². The number of methoxy groups -OCH3 is 1. The van der Waals surface area contributed by atoms with Crippen LogP contribution in [0.5, 0.6) is 5.75 Å². The quantitative estimate of drug-likeness (QED) is 0.401. The number of aliphatic carboxylic acids is 1. The molecule has 0 unspecified atom stereocenters. The second kappa shape index (κ2) is 11.4. The fourth-order valence-corrected chi connectivity index (χ4v) is 4.45. The van der Waals surface area contributed by atoms with Crippen LogP contribution in [0.4, 0.5) is 4.79 Å². The van der Waals surface area contributed by atoms with Crippen molar-refractivity contribution in [3.05, 3.63) is 89.5 Å². The molecule has 0 saturated heterocycles. The van der Waals surface area contributed by atoms with E-state index in [0.717, 1.165) is 27.8 Å². The SMILES string of the molecule is COc1cccc(CCNC(=O)[C@H](CC(=O)O)NC(=O)OCC2c3ccccc3-c3ccccc32)c1. The van der Waals surface area contributed by atoms with Crippen molar-refractivity contribution in [3.63, 3.8) is 0 Å². The Kier molecular flexibility index (Phi) is 7.85. The molecular formula is C28H28N2O6. The third-order valence-electron chi connectivity index (χ3n) is 6.18. The van der Waals surface area contributed by atoms with Crippen molar-refractivity contribution < 1.29 is 29.0 Å². The van der Waals surface area contributed by atoms with E-state index in [-0.39, 0.29) is 19.1 Å². The van der Waals surface area contributed by atoms with E-state index in [1.807, 2.05) is 72.8 Å². The summed E-state index contributed by atoms with van der Waals surface area (Å²) in [4.78, 5) is 36.5. The van der Waals surface area contributed by atoms with Gasteiger partial charge in [-0.3, -0.25) is 9.59 Å². The first-order valence-corrected chi connectivity index (χ1v) is 11.7. The number of alkyl carbamates (subject to hydrolysis) is 1. The summed E-state index contributed by atoms with van der Waals surface area (Å²) in [5, 5.41) is 14.3. The molecule has 186 valence electrons. The Hall–Kier alpha value is -4.33. The highest BCUT2D eigenvalue weighted by atomic mass is 16.5. The number of carboxylic acid groups (broad SMARTS) is 1. The molecular weight excluding hydrogens is 460 g/mol. The predicted octanol–water partition coefficient (Wildman–Crippen LogP) is 3.74. The molecule has 2 amide bonds. The Bertz CT molecular complexity index is 1210. The van der Waals surface area contributed by atoms with Gasteiger partial charge in [0.2, 0.25) is 5.91 Å². The van der Waals surface area contributed by atoms with E-state index in [4.69, 9.17) is 9.47 Å². The van der Waals surface area contributed by atoms with Crippen molar-refractivity contribution in [2.75, 3.05) is 20.3 Å². The first-order valence-electron chi connectivity index (χ1n) is 11.7. The van der Waals surface area contributed by atoms with Gasteiger partial charge in [-0.05, 0) is 46.4 Å². The van der Waals surface area contributed by atoms with E-state index in [1.54, 1.807) is 7.11 Å². The van der Waals surface area contributed by atoms with Gasteiger partial charge in [0.1, 0.15) is 18.4 Å². The molecule has 0 saturated carbocycles. The number of hydrogen-bond donors (Lipinski definition) is 3. The second-order valence-electron chi connectivity index (χ2n) is 8.51. The Labute approximate surface area is 209 Å². The molecule has 1 aliphatic rings. The van der Waals surface area contributed by atoms with Crippen LogP contribution in [0, 0.1) is 0 Å². The van der Waals surface area contributed by atoms with E-state index in [9.17, 15) is 19.5 Å². The van der Waals surface area contributed by atoms with E-state index in [1.165, 1.54) is 0 Å². The predicted molar refractivity (Wildman–Crippen MR) is 134 cm³/mol. The number of fused-ring (bicyclic) bond motifs is 3. The van der Waals surface area contributed by atoms with Crippen molar-refractivity contribution in [3.8, 4) is 16.9 Å². The minimum absolute atomic E-state index is 0.0666. The molecule has 8 nitrogen and oxygen atoms in total. The third-order valence-corrected chi connectivity index (χ3v) is 6.18. The average molecular weight is 489 g/mol. The van der Waals surface area contributed by atoms with Crippen LogP contribution in [0.15, 0.2) is 72.8 Å². The summed E-state index contributed by atoms with van der Waals surface area (Å²) in [5.41, 5.74) is 5.27. The van der Waals surface area contributed by atoms with Gasteiger partial charge in [0.25, 0.3) is 0 Å². The lowest BCUT2D eigenvalue weighted by Crippen LogP contribution is -2.48. The number of ether oxygens (including phenoxy) is 2. The summed E-state index contributed by atoms with van der Waals surface area (Å²) < 4.78 is 10.7. The number of rotatable bonds is 10. The van der Waals surface area contributed by atoms with Crippen LogP contribution < -0.4 is 15.4 Å². The molecule has 3 aromatic rings. The third kappa shape index (κ3) is 5.83. The molecule has 3 aromatic carbocycles. The molecule has 1 aliphatic carbocycles. The minimum Gasteiger partial charge on any atom is -0.497 e. The van der Waals surface area contributed by atoms with Crippen LogP contribution in [0.3, 0.4) is 0 Å². The van der Waals surface area contributed by atoms with Crippen molar-refractivity contribution in [2.24, 2.45) is 0 Å². The minimum atomic E-state index is -1.26. The van der Waals surface area contributed by atoms with E-state index < -0.39 is 30.4 Å². The van der Waals surface area contributed by atoms with Crippen LogP contribution in [-0.2, 0) is 20.7 Å². The normalized spacial score (nSPS) is 12.7. The maximum Gasteiger partial charge on any atom is 0.407 e. The van der Waals surface area contributed by atoms with Gasteiger partial charge in [-0.15, -0.1) is 0 Å². The number of benzene rings is 3. The molecule has 0 spiro atoms. The van der Waals surface area contributed by atoms with Crippen molar-refractivity contribution in [1.29, 1.82) is 0 Å². The largest absolute Gasteiger partial charge is 0.497 e. The Balaban J connectivity index is 1.34. The summed E-state index contributed by atoms with van der Waals surface area (Å²) in [5.74, 6) is -1.23. The van der Waals surface area contributed by atoms with Gasteiger partial charge in [-0.25, -0.2) is 4.79 Å². The van der Waals surface area contributed by atoms with Crippen LogP contribution in [0.25, 0.3) is 11.1 Å². The Morgan fingerprint density at radius 3 is 2.25 bits per heavy atom. The molecule has 1 atom stereocenters. The molecule has 3 N–H and O–H groups in total. The Morgan fingerprint density at radius 2 is 1.61 bits per heavy atom. The first kappa shape index (κ1) is 24.8. The molecule has 0 radical (unpaired) electrons. The van der Waals surface area contributed by atoms with Gasteiger partial charge < -0.3 is 25.2 Å². The highest BCUT2D eigenvalue weighted by Crippen LogP contribution is 2.44. The lowest BCUT2D eigenvalue weighted by Gasteiger charge is -2.19. The standard InChI is InChI=1S/C28H28N2O6/c1-35-19-8-6-7-18(15-19)13-14-29-27(33)25(16-26(31)32)30-28(34)36-17-24-22-11-4-2-9-20(22)21-10-3-5-12-23(21)24/h2-12,15,24-25H,13-14,16-17H2,1H3,(H,29,33)(H,30,34)(H,31,32)/t25-/m0/s1. The zero-order valence-corrected chi connectivity index (χ0v) is 19.9.